The molecule has 0 fully saturated rings. The molecule has 0 spiro atoms. The topological polar surface area (TPSA) is 89.5 Å². The van der Waals surface area contributed by atoms with Gasteiger partial charge >= 0.3 is 0 Å². The maximum atomic E-state index is 13.5. The van der Waals surface area contributed by atoms with E-state index in [1.807, 2.05) is 67.6 Å². The summed E-state index contributed by atoms with van der Waals surface area (Å²) in [5.74, 6) is 1.39. The summed E-state index contributed by atoms with van der Waals surface area (Å²) in [5, 5.41) is 14.5. The van der Waals surface area contributed by atoms with Gasteiger partial charge in [0.2, 0.25) is 0 Å². The summed E-state index contributed by atoms with van der Waals surface area (Å²) in [5.41, 5.74) is 3.04. The number of nitrogens with zero attached hydrogens (tertiary/aromatic N) is 4. The monoisotopic (exact) mass is 656 g/mol. The minimum atomic E-state index is -0.281. The lowest BCUT2D eigenvalue weighted by Gasteiger charge is -2.17. The van der Waals surface area contributed by atoms with E-state index in [1.54, 1.807) is 30.5 Å². The summed E-state index contributed by atoms with van der Waals surface area (Å²) in [6.07, 6.45) is 1.58. The normalized spacial score (nSPS) is 11.1. The van der Waals surface area contributed by atoms with Crippen molar-refractivity contribution in [1.29, 1.82) is 5.26 Å². The summed E-state index contributed by atoms with van der Waals surface area (Å²) in [6, 6.07) is 27.9. The molecule has 40 heavy (non-hydrogen) atoms. The molecule has 0 unspecified atom stereocenters. The summed E-state index contributed by atoms with van der Waals surface area (Å²) in [7, 11) is 0. The van der Waals surface area contributed by atoms with Gasteiger partial charge in [-0.3, -0.25) is 4.79 Å². The second kappa shape index (κ2) is 12.3. The molecule has 9 heteroatoms. The molecule has 5 aromatic rings. The van der Waals surface area contributed by atoms with Crippen LogP contribution in [0.25, 0.3) is 22.3 Å². The molecule has 7 nitrogen and oxygen atoms in total. The van der Waals surface area contributed by atoms with Crippen LogP contribution in [0.2, 0.25) is 0 Å². The molecule has 0 saturated carbocycles. The van der Waals surface area contributed by atoms with Gasteiger partial charge in [-0.1, -0.05) is 60.7 Å². The highest BCUT2D eigenvalue weighted by molar-refractivity contribution is 9.13. The minimum absolute atomic E-state index is 0.181. The molecule has 0 aliphatic heterocycles. The zero-order valence-electron chi connectivity index (χ0n) is 21.3. The lowest BCUT2D eigenvalue weighted by atomic mass is 10.1. The largest absolute Gasteiger partial charge is 0.490 e. The van der Waals surface area contributed by atoms with Crippen LogP contribution in [0.4, 0.5) is 0 Å². The summed E-state index contributed by atoms with van der Waals surface area (Å²) < 4.78 is 14.6. The van der Waals surface area contributed by atoms with Crippen molar-refractivity contribution in [2.45, 2.75) is 13.5 Å². The molecule has 1 heterocycles. The van der Waals surface area contributed by atoms with Crippen LogP contribution in [0.15, 0.2) is 104 Å². The molecule has 0 atom stereocenters. The highest BCUT2D eigenvalue weighted by atomic mass is 79.9. The van der Waals surface area contributed by atoms with E-state index < -0.39 is 0 Å². The first kappa shape index (κ1) is 27.3. The fourth-order valence-corrected chi connectivity index (χ4v) is 5.06. The number of rotatable bonds is 8. The quantitative estimate of drug-likeness (QED) is 0.163. The van der Waals surface area contributed by atoms with Crippen LogP contribution in [-0.4, -0.2) is 22.5 Å². The lowest BCUT2D eigenvalue weighted by Crippen LogP contribution is -2.20. The number of fused-ring (bicyclic) bond motifs is 1. The van der Waals surface area contributed by atoms with Gasteiger partial charge in [-0.25, -0.2) is 4.98 Å². The number of benzene rings is 4. The fourth-order valence-electron chi connectivity index (χ4n) is 4.13. The van der Waals surface area contributed by atoms with Gasteiger partial charge in [-0.2, -0.15) is 15.0 Å². The molecule has 198 valence electrons. The van der Waals surface area contributed by atoms with Crippen molar-refractivity contribution in [2.24, 2.45) is 5.10 Å². The van der Waals surface area contributed by atoms with E-state index in [9.17, 15) is 10.1 Å². The standard InChI is InChI=1S/C31H22Br2N4O3/c1-2-39-26-16-23(27(32)28(33)29(26)40-19-22-13-7-6-12-21(22)17-34)18-35-37-30(20-10-4-3-5-11-20)36-25-15-9-8-14-24(25)31(37)38/h3-16,18H,2,19H2,1H3. The van der Waals surface area contributed by atoms with Crippen molar-refractivity contribution in [1.82, 2.24) is 9.66 Å². The van der Waals surface area contributed by atoms with E-state index in [1.165, 1.54) is 4.68 Å². The van der Waals surface area contributed by atoms with Crippen molar-refractivity contribution in [3.8, 4) is 29.0 Å². The third kappa shape index (κ3) is 5.55. The predicted molar refractivity (Wildman–Crippen MR) is 163 cm³/mol. The Morgan fingerprint density at radius 3 is 2.48 bits per heavy atom. The first-order chi connectivity index (χ1) is 19.5. The van der Waals surface area contributed by atoms with Gasteiger partial charge in [-0.15, -0.1) is 0 Å². The molecule has 1 aromatic heterocycles. The summed E-state index contributed by atoms with van der Waals surface area (Å²) in [6.45, 7) is 2.47. The number of para-hydroxylation sites is 1. The van der Waals surface area contributed by atoms with Gasteiger partial charge in [0.15, 0.2) is 17.3 Å². The second-order valence-corrected chi connectivity index (χ2v) is 10.2. The van der Waals surface area contributed by atoms with Crippen LogP contribution in [0, 0.1) is 11.3 Å². The number of hydrogen-bond donors (Lipinski definition) is 0. The average molecular weight is 658 g/mol. The smallest absolute Gasteiger partial charge is 0.282 e. The van der Waals surface area contributed by atoms with Crippen LogP contribution in [0.5, 0.6) is 11.5 Å². The van der Waals surface area contributed by atoms with Crippen LogP contribution >= 0.6 is 31.9 Å². The summed E-state index contributed by atoms with van der Waals surface area (Å²) in [4.78, 5) is 18.3. The molecule has 0 radical (unpaired) electrons. The van der Waals surface area contributed by atoms with Crippen molar-refractivity contribution in [2.75, 3.05) is 6.61 Å². The van der Waals surface area contributed by atoms with E-state index in [-0.39, 0.29) is 12.2 Å². The van der Waals surface area contributed by atoms with Crippen molar-refractivity contribution in [3.05, 3.63) is 121 Å². The molecule has 0 bridgehead atoms. The Kier molecular flexibility index (Phi) is 8.39. The van der Waals surface area contributed by atoms with Gasteiger partial charge in [0.25, 0.3) is 5.56 Å². The SMILES string of the molecule is CCOc1cc(C=Nn2c(-c3ccccc3)nc3ccccc3c2=O)c(Br)c(Br)c1OCc1ccccc1C#N. The Morgan fingerprint density at radius 2 is 1.70 bits per heavy atom. The Morgan fingerprint density at radius 1 is 0.975 bits per heavy atom. The zero-order chi connectivity index (χ0) is 28.1. The van der Waals surface area contributed by atoms with Crippen molar-refractivity contribution < 1.29 is 9.47 Å². The Hall–Kier alpha value is -4.26. The molecule has 0 aliphatic rings. The zero-order valence-corrected chi connectivity index (χ0v) is 24.5. The number of halogens is 2. The highest BCUT2D eigenvalue weighted by Gasteiger charge is 2.18. The first-order valence-electron chi connectivity index (χ1n) is 12.4. The average Bonchev–Trinajstić information content (AvgIpc) is 2.99. The Labute approximate surface area is 247 Å². The van der Waals surface area contributed by atoms with Crippen molar-refractivity contribution in [3.63, 3.8) is 0 Å². The molecule has 5 rings (SSSR count). The number of aromatic nitrogens is 2. The third-order valence-corrected chi connectivity index (χ3v) is 8.21. The van der Waals surface area contributed by atoms with E-state index in [2.05, 4.69) is 43.0 Å². The first-order valence-corrected chi connectivity index (χ1v) is 14.0. The van der Waals surface area contributed by atoms with E-state index in [0.717, 1.165) is 11.1 Å². The minimum Gasteiger partial charge on any atom is -0.490 e. The van der Waals surface area contributed by atoms with E-state index in [0.29, 0.717) is 54.9 Å². The number of nitriles is 1. The van der Waals surface area contributed by atoms with Gasteiger partial charge in [-0.05, 0) is 63.0 Å². The highest BCUT2D eigenvalue weighted by Crippen LogP contribution is 2.43. The molecule has 4 aromatic carbocycles. The number of hydrogen-bond acceptors (Lipinski definition) is 6. The Balaban J connectivity index is 1.57. The maximum Gasteiger partial charge on any atom is 0.282 e. The van der Waals surface area contributed by atoms with Gasteiger partial charge in [0.05, 0.1) is 39.8 Å². The van der Waals surface area contributed by atoms with Gasteiger partial charge < -0.3 is 9.47 Å². The predicted octanol–water partition coefficient (Wildman–Crippen LogP) is 7.32. The van der Waals surface area contributed by atoms with Crippen LogP contribution in [-0.2, 0) is 6.61 Å². The molecule has 0 amide bonds. The van der Waals surface area contributed by atoms with E-state index >= 15 is 0 Å². The molecular weight excluding hydrogens is 636 g/mol. The summed E-state index contributed by atoms with van der Waals surface area (Å²) >= 11 is 7.26. The third-order valence-electron chi connectivity index (χ3n) is 6.06. The van der Waals surface area contributed by atoms with Gasteiger partial charge in [0, 0.05) is 21.2 Å². The van der Waals surface area contributed by atoms with Crippen molar-refractivity contribution >= 4 is 49.0 Å². The Bertz CT molecular complexity index is 1830. The second-order valence-electron chi connectivity index (χ2n) is 8.59. The van der Waals surface area contributed by atoms with Crippen LogP contribution in [0.3, 0.4) is 0 Å². The van der Waals surface area contributed by atoms with E-state index in [4.69, 9.17) is 14.5 Å². The van der Waals surface area contributed by atoms with Crippen LogP contribution < -0.4 is 15.0 Å². The van der Waals surface area contributed by atoms with Crippen LogP contribution in [0.1, 0.15) is 23.6 Å². The van der Waals surface area contributed by atoms with Gasteiger partial charge in [0.1, 0.15) is 6.61 Å². The molecular formula is C31H22Br2N4O3. The molecule has 0 aliphatic carbocycles. The maximum absolute atomic E-state index is 13.5. The molecule has 0 saturated heterocycles. The number of ether oxygens (including phenoxy) is 2. The lowest BCUT2D eigenvalue weighted by molar-refractivity contribution is 0.267. The molecule has 0 N–H and O–H groups in total. The fraction of sp³-hybridized carbons (Fsp3) is 0.0968.